The van der Waals surface area contributed by atoms with Crippen LogP contribution in [0.2, 0.25) is 0 Å². The van der Waals surface area contributed by atoms with E-state index in [1.807, 2.05) is 26.4 Å². The van der Waals surface area contributed by atoms with Gasteiger partial charge in [-0.05, 0) is 25.7 Å². The Kier molecular flexibility index (Phi) is 8.91. The molecule has 1 fully saturated rings. The maximum absolute atomic E-state index is 5.48. The van der Waals surface area contributed by atoms with E-state index >= 15 is 0 Å². The lowest BCUT2D eigenvalue weighted by atomic mass is 10.0. The lowest BCUT2D eigenvalue weighted by molar-refractivity contribution is 0.00752. The van der Waals surface area contributed by atoms with Crippen molar-refractivity contribution in [2.24, 2.45) is 10.9 Å². The maximum atomic E-state index is 5.48. The number of ether oxygens (including phenoxy) is 1. The van der Waals surface area contributed by atoms with E-state index in [1.54, 1.807) is 0 Å². The van der Waals surface area contributed by atoms with Crippen LogP contribution in [0.1, 0.15) is 32.5 Å². The Bertz CT molecular complexity index is 536. The highest BCUT2D eigenvalue weighted by molar-refractivity contribution is 5.79. The molecule has 1 aliphatic rings. The minimum atomic E-state index is 0.502. The van der Waals surface area contributed by atoms with Gasteiger partial charge in [-0.25, -0.2) is 4.98 Å². The van der Waals surface area contributed by atoms with Crippen LogP contribution < -0.4 is 10.6 Å². The minimum Gasteiger partial charge on any atom is -0.379 e. The number of aromatic nitrogens is 2. The fourth-order valence-electron chi connectivity index (χ4n) is 3.37. The van der Waals surface area contributed by atoms with Crippen molar-refractivity contribution in [1.82, 2.24) is 25.1 Å². The maximum Gasteiger partial charge on any atom is 0.191 e. The van der Waals surface area contributed by atoms with E-state index in [2.05, 4.69) is 43.9 Å². The van der Waals surface area contributed by atoms with Gasteiger partial charge in [0.1, 0.15) is 5.82 Å². The first-order valence-corrected chi connectivity index (χ1v) is 9.86. The number of aryl methyl sites for hydroxylation is 2. The van der Waals surface area contributed by atoms with Gasteiger partial charge in [-0.2, -0.15) is 0 Å². The summed E-state index contributed by atoms with van der Waals surface area (Å²) in [6.45, 7) is 13.2. The molecule has 0 radical (unpaired) electrons. The molecule has 0 bridgehead atoms. The van der Waals surface area contributed by atoms with Gasteiger partial charge in [0.2, 0.25) is 0 Å². The van der Waals surface area contributed by atoms with E-state index in [0.29, 0.717) is 12.0 Å². The van der Waals surface area contributed by atoms with Crippen molar-refractivity contribution in [3.63, 3.8) is 0 Å². The molecule has 0 saturated carbocycles. The predicted molar refractivity (Wildman–Crippen MR) is 107 cm³/mol. The highest BCUT2D eigenvalue weighted by Crippen LogP contribution is 2.12. The summed E-state index contributed by atoms with van der Waals surface area (Å²) >= 11 is 0. The summed E-state index contributed by atoms with van der Waals surface area (Å²) in [6.07, 6.45) is 6.14. The summed E-state index contributed by atoms with van der Waals surface area (Å²) in [4.78, 5) is 11.1. The van der Waals surface area contributed by atoms with Crippen LogP contribution in [-0.4, -0.2) is 72.9 Å². The molecule has 2 rings (SSSR count). The Morgan fingerprint density at radius 2 is 2.04 bits per heavy atom. The van der Waals surface area contributed by atoms with Crippen molar-refractivity contribution in [2.75, 3.05) is 46.4 Å². The zero-order chi connectivity index (χ0) is 18.8. The van der Waals surface area contributed by atoms with Crippen molar-refractivity contribution in [1.29, 1.82) is 0 Å². The number of nitrogens with zero attached hydrogens (tertiary/aromatic N) is 4. The SMILES string of the molecule is CN=C(NCCCCn1ccnc1C)NCC(C(C)C)N1CCOCC1. The fourth-order valence-corrected chi connectivity index (χ4v) is 3.37. The smallest absolute Gasteiger partial charge is 0.191 e. The van der Waals surface area contributed by atoms with E-state index < -0.39 is 0 Å². The number of rotatable bonds is 9. The Hall–Kier alpha value is -1.60. The minimum absolute atomic E-state index is 0.502. The number of hydrogen-bond donors (Lipinski definition) is 2. The summed E-state index contributed by atoms with van der Waals surface area (Å²) in [5.41, 5.74) is 0. The predicted octanol–water partition coefficient (Wildman–Crippen LogP) is 1.49. The van der Waals surface area contributed by atoms with E-state index in [9.17, 15) is 0 Å². The van der Waals surface area contributed by atoms with E-state index in [0.717, 1.165) is 70.6 Å². The third-order valence-corrected chi connectivity index (χ3v) is 5.03. The summed E-state index contributed by atoms with van der Waals surface area (Å²) in [6, 6.07) is 0.502. The van der Waals surface area contributed by atoms with Gasteiger partial charge in [-0.1, -0.05) is 13.8 Å². The molecule has 0 aromatic carbocycles. The van der Waals surface area contributed by atoms with E-state index in [-0.39, 0.29) is 0 Å². The molecule has 0 spiro atoms. The average Bonchev–Trinajstić information content (AvgIpc) is 3.05. The van der Waals surface area contributed by atoms with Crippen molar-refractivity contribution in [2.45, 2.75) is 46.2 Å². The Labute approximate surface area is 158 Å². The zero-order valence-electron chi connectivity index (χ0n) is 16.9. The van der Waals surface area contributed by atoms with Crippen LogP contribution >= 0.6 is 0 Å². The van der Waals surface area contributed by atoms with Crippen LogP contribution in [0.4, 0.5) is 0 Å². The zero-order valence-corrected chi connectivity index (χ0v) is 16.9. The number of imidazole rings is 1. The van der Waals surface area contributed by atoms with Gasteiger partial charge in [-0.15, -0.1) is 0 Å². The van der Waals surface area contributed by atoms with Crippen LogP contribution in [0, 0.1) is 12.8 Å². The standard InChI is InChI=1S/C19H36N6O/c1-16(2)18(25-11-13-26-14-12-25)15-23-19(20-4)22-7-5-6-9-24-10-8-21-17(24)3/h8,10,16,18H,5-7,9,11-15H2,1-4H3,(H2,20,22,23). The number of nitrogens with one attached hydrogen (secondary N) is 2. The third-order valence-electron chi connectivity index (χ3n) is 5.03. The first kappa shape index (κ1) is 20.7. The van der Waals surface area contributed by atoms with Crippen molar-refractivity contribution < 1.29 is 4.74 Å². The van der Waals surface area contributed by atoms with Gasteiger partial charge in [0.25, 0.3) is 0 Å². The molecule has 0 amide bonds. The summed E-state index contributed by atoms with van der Waals surface area (Å²) in [5, 5.41) is 6.94. The van der Waals surface area contributed by atoms with Crippen LogP contribution in [0.3, 0.4) is 0 Å². The molecule has 7 nitrogen and oxygen atoms in total. The molecule has 2 N–H and O–H groups in total. The molecule has 1 atom stereocenters. The van der Waals surface area contributed by atoms with Gasteiger partial charge in [0.05, 0.1) is 13.2 Å². The number of aliphatic imine (C=N–C) groups is 1. The summed E-state index contributed by atoms with van der Waals surface area (Å²) in [7, 11) is 1.84. The molecule has 1 aromatic rings. The van der Waals surface area contributed by atoms with Crippen molar-refractivity contribution in [3.05, 3.63) is 18.2 Å². The number of guanidine groups is 1. The number of unbranched alkanes of at least 4 members (excludes halogenated alkanes) is 1. The number of morpholine rings is 1. The Morgan fingerprint density at radius 1 is 1.27 bits per heavy atom. The molecule has 1 aliphatic heterocycles. The van der Waals surface area contributed by atoms with E-state index in [1.165, 1.54) is 0 Å². The Balaban J connectivity index is 1.66. The number of hydrogen-bond acceptors (Lipinski definition) is 4. The Morgan fingerprint density at radius 3 is 2.65 bits per heavy atom. The van der Waals surface area contributed by atoms with Gasteiger partial charge < -0.3 is 19.9 Å². The van der Waals surface area contributed by atoms with Crippen LogP contribution in [0.25, 0.3) is 0 Å². The topological polar surface area (TPSA) is 66.7 Å². The van der Waals surface area contributed by atoms with Crippen molar-refractivity contribution >= 4 is 5.96 Å². The average molecular weight is 365 g/mol. The highest BCUT2D eigenvalue weighted by Gasteiger charge is 2.23. The molecule has 2 heterocycles. The largest absolute Gasteiger partial charge is 0.379 e. The van der Waals surface area contributed by atoms with Gasteiger partial charge in [0.15, 0.2) is 5.96 Å². The first-order valence-electron chi connectivity index (χ1n) is 9.86. The second-order valence-electron chi connectivity index (χ2n) is 7.21. The second-order valence-corrected chi connectivity index (χ2v) is 7.21. The van der Waals surface area contributed by atoms with Crippen LogP contribution in [-0.2, 0) is 11.3 Å². The first-order chi connectivity index (χ1) is 12.6. The monoisotopic (exact) mass is 364 g/mol. The summed E-state index contributed by atoms with van der Waals surface area (Å²) in [5.74, 6) is 2.57. The molecule has 1 aromatic heterocycles. The van der Waals surface area contributed by atoms with Gasteiger partial charge in [0, 0.05) is 58.2 Å². The molecular weight excluding hydrogens is 328 g/mol. The highest BCUT2D eigenvalue weighted by atomic mass is 16.5. The second kappa shape index (κ2) is 11.2. The van der Waals surface area contributed by atoms with Gasteiger partial charge in [-0.3, -0.25) is 9.89 Å². The van der Waals surface area contributed by atoms with Gasteiger partial charge >= 0.3 is 0 Å². The van der Waals surface area contributed by atoms with E-state index in [4.69, 9.17) is 4.74 Å². The lowest BCUT2D eigenvalue weighted by Crippen LogP contribution is -2.52. The lowest BCUT2D eigenvalue weighted by Gasteiger charge is -2.37. The molecule has 148 valence electrons. The molecule has 1 saturated heterocycles. The quantitative estimate of drug-likeness (QED) is 0.395. The van der Waals surface area contributed by atoms with Crippen LogP contribution in [0.15, 0.2) is 17.4 Å². The molecule has 7 heteroatoms. The molecular formula is C19H36N6O. The normalized spacial score (nSPS) is 17.5. The summed E-state index contributed by atoms with van der Waals surface area (Å²) < 4.78 is 7.68. The molecule has 0 aliphatic carbocycles. The molecule has 1 unspecified atom stereocenters. The molecule has 26 heavy (non-hydrogen) atoms. The third kappa shape index (κ3) is 6.61. The van der Waals surface area contributed by atoms with Crippen LogP contribution in [0.5, 0.6) is 0 Å². The fraction of sp³-hybridized carbons (Fsp3) is 0.789. The van der Waals surface area contributed by atoms with Crippen molar-refractivity contribution in [3.8, 4) is 0 Å².